The van der Waals surface area contributed by atoms with Gasteiger partial charge in [0, 0.05) is 24.7 Å². The third-order valence-electron chi connectivity index (χ3n) is 3.30. The Morgan fingerprint density at radius 1 is 1.26 bits per heavy atom. The molecule has 0 bridgehead atoms. The summed E-state index contributed by atoms with van der Waals surface area (Å²) < 4.78 is 10.9. The average molecular weight is 285 g/mol. The standard InChI is InChI=1S/C13H16N2O3.ClH/c14-10-3-4-15(8-10)13(16)9-1-2-11-12(7-9)18-6-5-17-11;/h1-2,7,10H,3-6,8,14H2;1H/t10-;/m0./s1. The number of rotatable bonds is 1. The second-order valence-corrected chi connectivity index (χ2v) is 4.66. The van der Waals surface area contributed by atoms with Gasteiger partial charge < -0.3 is 20.1 Å². The molecule has 104 valence electrons. The molecule has 1 aromatic rings. The maximum atomic E-state index is 12.3. The van der Waals surface area contributed by atoms with E-state index in [4.69, 9.17) is 15.2 Å². The Kier molecular flexibility index (Phi) is 4.17. The molecule has 6 heteroatoms. The third-order valence-corrected chi connectivity index (χ3v) is 3.30. The van der Waals surface area contributed by atoms with Crippen molar-refractivity contribution in [1.29, 1.82) is 0 Å². The topological polar surface area (TPSA) is 64.8 Å². The van der Waals surface area contributed by atoms with Gasteiger partial charge in [-0.2, -0.15) is 0 Å². The van der Waals surface area contributed by atoms with Crippen molar-refractivity contribution in [2.75, 3.05) is 26.3 Å². The van der Waals surface area contributed by atoms with Gasteiger partial charge >= 0.3 is 0 Å². The Morgan fingerprint density at radius 3 is 2.68 bits per heavy atom. The Labute approximate surface area is 118 Å². The maximum absolute atomic E-state index is 12.3. The molecule has 0 radical (unpaired) electrons. The van der Waals surface area contributed by atoms with Gasteiger partial charge in [-0.1, -0.05) is 0 Å². The summed E-state index contributed by atoms with van der Waals surface area (Å²) in [5.41, 5.74) is 6.45. The zero-order chi connectivity index (χ0) is 12.5. The van der Waals surface area contributed by atoms with Crippen molar-refractivity contribution in [3.63, 3.8) is 0 Å². The van der Waals surface area contributed by atoms with Gasteiger partial charge in [0.2, 0.25) is 0 Å². The molecule has 5 nitrogen and oxygen atoms in total. The lowest BCUT2D eigenvalue weighted by atomic mass is 10.1. The highest BCUT2D eigenvalue weighted by molar-refractivity contribution is 5.95. The van der Waals surface area contributed by atoms with Crippen LogP contribution in [-0.2, 0) is 0 Å². The number of nitrogens with two attached hydrogens (primary N) is 1. The van der Waals surface area contributed by atoms with Gasteiger partial charge in [-0.05, 0) is 24.6 Å². The number of hydrogen-bond acceptors (Lipinski definition) is 4. The second-order valence-electron chi connectivity index (χ2n) is 4.66. The van der Waals surface area contributed by atoms with E-state index in [1.807, 2.05) is 0 Å². The molecular formula is C13H17ClN2O3. The highest BCUT2D eigenvalue weighted by atomic mass is 35.5. The van der Waals surface area contributed by atoms with Gasteiger partial charge in [0.1, 0.15) is 13.2 Å². The largest absolute Gasteiger partial charge is 0.486 e. The Hall–Kier alpha value is -1.46. The fourth-order valence-corrected chi connectivity index (χ4v) is 2.33. The number of hydrogen-bond donors (Lipinski definition) is 1. The first-order valence-corrected chi connectivity index (χ1v) is 6.18. The summed E-state index contributed by atoms with van der Waals surface area (Å²) in [7, 11) is 0. The highest BCUT2D eigenvalue weighted by Crippen LogP contribution is 2.31. The van der Waals surface area contributed by atoms with E-state index in [0.29, 0.717) is 36.8 Å². The molecule has 0 unspecified atom stereocenters. The number of carbonyl (C=O) groups is 1. The lowest BCUT2D eigenvalue weighted by molar-refractivity contribution is 0.0789. The van der Waals surface area contributed by atoms with Gasteiger partial charge in [0.25, 0.3) is 5.91 Å². The summed E-state index contributed by atoms with van der Waals surface area (Å²) in [4.78, 5) is 14.0. The van der Waals surface area contributed by atoms with Crippen LogP contribution in [0.4, 0.5) is 0 Å². The van der Waals surface area contributed by atoms with Gasteiger partial charge in [0.15, 0.2) is 11.5 Å². The summed E-state index contributed by atoms with van der Waals surface area (Å²) in [5.74, 6) is 1.37. The average Bonchev–Trinajstić information content (AvgIpc) is 2.84. The summed E-state index contributed by atoms with van der Waals surface area (Å²) in [6.07, 6.45) is 0.871. The molecule has 2 heterocycles. The van der Waals surface area contributed by atoms with Crippen molar-refractivity contribution in [3.05, 3.63) is 23.8 Å². The van der Waals surface area contributed by atoms with E-state index in [9.17, 15) is 4.79 Å². The SMILES string of the molecule is Cl.N[C@H]1CCN(C(=O)c2ccc3c(c2)OCCO3)C1. The maximum Gasteiger partial charge on any atom is 0.254 e. The molecule has 0 saturated carbocycles. The van der Waals surface area contributed by atoms with E-state index in [-0.39, 0.29) is 24.4 Å². The van der Waals surface area contributed by atoms with Gasteiger partial charge in [-0.25, -0.2) is 0 Å². The monoisotopic (exact) mass is 284 g/mol. The molecule has 0 aromatic heterocycles. The zero-order valence-corrected chi connectivity index (χ0v) is 11.3. The van der Waals surface area contributed by atoms with E-state index in [1.54, 1.807) is 23.1 Å². The first-order valence-electron chi connectivity index (χ1n) is 6.18. The quantitative estimate of drug-likeness (QED) is 0.837. The number of amides is 1. The molecular weight excluding hydrogens is 268 g/mol. The predicted molar refractivity (Wildman–Crippen MR) is 73.2 cm³/mol. The molecule has 2 aliphatic rings. The summed E-state index contributed by atoms with van der Waals surface area (Å²) in [6, 6.07) is 5.42. The molecule has 2 N–H and O–H groups in total. The fraction of sp³-hybridized carbons (Fsp3) is 0.462. The first-order chi connectivity index (χ1) is 8.74. The number of likely N-dealkylation sites (tertiary alicyclic amines) is 1. The van der Waals surface area contributed by atoms with Crippen LogP contribution in [0.2, 0.25) is 0 Å². The van der Waals surface area contributed by atoms with E-state index < -0.39 is 0 Å². The minimum absolute atomic E-state index is 0. The van der Waals surface area contributed by atoms with E-state index >= 15 is 0 Å². The van der Waals surface area contributed by atoms with Crippen LogP contribution in [0.15, 0.2) is 18.2 Å². The van der Waals surface area contributed by atoms with E-state index in [0.717, 1.165) is 13.0 Å². The molecule has 3 rings (SSSR count). The molecule has 19 heavy (non-hydrogen) atoms. The highest BCUT2D eigenvalue weighted by Gasteiger charge is 2.25. The van der Waals surface area contributed by atoms with Crippen molar-refractivity contribution in [1.82, 2.24) is 4.90 Å². The molecule has 1 aromatic carbocycles. The number of ether oxygens (including phenoxy) is 2. The lowest BCUT2D eigenvalue weighted by Crippen LogP contribution is -2.32. The van der Waals surface area contributed by atoms with Crippen LogP contribution in [0.5, 0.6) is 11.5 Å². The number of benzene rings is 1. The number of nitrogens with zero attached hydrogens (tertiary/aromatic N) is 1. The van der Waals surface area contributed by atoms with Crippen LogP contribution >= 0.6 is 12.4 Å². The minimum atomic E-state index is 0. The summed E-state index contributed by atoms with van der Waals surface area (Å²) in [5, 5.41) is 0. The lowest BCUT2D eigenvalue weighted by Gasteiger charge is -2.20. The van der Waals surface area contributed by atoms with Crippen LogP contribution < -0.4 is 15.2 Å². The molecule has 1 saturated heterocycles. The van der Waals surface area contributed by atoms with Crippen molar-refractivity contribution in [2.24, 2.45) is 5.73 Å². The van der Waals surface area contributed by atoms with E-state index in [1.165, 1.54) is 0 Å². The zero-order valence-electron chi connectivity index (χ0n) is 10.5. The third kappa shape index (κ3) is 2.77. The summed E-state index contributed by atoms with van der Waals surface area (Å²) >= 11 is 0. The van der Waals surface area contributed by atoms with Crippen LogP contribution in [0.3, 0.4) is 0 Å². The van der Waals surface area contributed by atoms with Gasteiger partial charge in [0.05, 0.1) is 0 Å². The molecule has 0 spiro atoms. The Balaban J connectivity index is 0.00000133. The number of halogens is 1. The number of fused-ring (bicyclic) bond motifs is 1. The molecule has 1 amide bonds. The van der Waals surface area contributed by atoms with E-state index in [2.05, 4.69) is 0 Å². The fourth-order valence-electron chi connectivity index (χ4n) is 2.33. The molecule has 1 atom stereocenters. The van der Waals surface area contributed by atoms with Crippen LogP contribution in [-0.4, -0.2) is 43.2 Å². The van der Waals surface area contributed by atoms with Crippen molar-refractivity contribution in [3.8, 4) is 11.5 Å². The number of carbonyl (C=O) groups excluding carboxylic acids is 1. The van der Waals surface area contributed by atoms with Crippen LogP contribution in [0.25, 0.3) is 0 Å². The molecule has 0 aliphatic carbocycles. The van der Waals surface area contributed by atoms with Gasteiger partial charge in [-0.15, -0.1) is 12.4 Å². The van der Waals surface area contributed by atoms with Crippen molar-refractivity contribution < 1.29 is 14.3 Å². The normalized spacial score (nSPS) is 20.9. The summed E-state index contributed by atoms with van der Waals surface area (Å²) in [6.45, 7) is 2.45. The second kappa shape index (κ2) is 5.67. The van der Waals surface area contributed by atoms with Crippen molar-refractivity contribution in [2.45, 2.75) is 12.5 Å². The Morgan fingerprint density at radius 2 is 2.00 bits per heavy atom. The van der Waals surface area contributed by atoms with Gasteiger partial charge in [-0.3, -0.25) is 4.79 Å². The van der Waals surface area contributed by atoms with Crippen LogP contribution in [0, 0.1) is 0 Å². The molecule has 1 fully saturated rings. The predicted octanol–water partition coefficient (Wildman–Crippen LogP) is 1.05. The van der Waals surface area contributed by atoms with Crippen molar-refractivity contribution >= 4 is 18.3 Å². The Bertz CT molecular complexity index is 481. The molecule has 2 aliphatic heterocycles. The minimum Gasteiger partial charge on any atom is -0.486 e. The first kappa shape index (κ1) is 14.0. The van der Waals surface area contributed by atoms with Crippen LogP contribution in [0.1, 0.15) is 16.8 Å². The smallest absolute Gasteiger partial charge is 0.254 e.